The van der Waals surface area contributed by atoms with Gasteiger partial charge in [0.15, 0.2) is 0 Å². The van der Waals surface area contributed by atoms with Crippen molar-refractivity contribution in [3.8, 4) is 28.5 Å². The summed E-state index contributed by atoms with van der Waals surface area (Å²) in [5.74, 6) is 1.95. The van der Waals surface area contributed by atoms with Gasteiger partial charge in [0.2, 0.25) is 0 Å². The third-order valence-electron chi connectivity index (χ3n) is 5.08. The van der Waals surface area contributed by atoms with Gasteiger partial charge in [-0.3, -0.25) is 9.89 Å². The van der Waals surface area contributed by atoms with E-state index in [-0.39, 0.29) is 11.9 Å². The summed E-state index contributed by atoms with van der Waals surface area (Å²) < 4.78 is 16.2. The molecular formula is C21H21N3O4. The molecule has 1 aliphatic heterocycles. The molecule has 1 aromatic heterocycles. The predicted molar refractivity (Wildman–Crippen MR) is 104 cm³/mol. The predicted octanol–water partition coefficient (Wildman–Crippen LogP) is 3.28. The van der Waals surface area contributed by atoms with E-state index < -0.39 is 0 Å². The largest absolute Gasteiger partial charge is 0.497 e. The number of nitrogens with one attached hydrogen (secondary N) is 1. The zero-order valence-electron chi connectivity index (χ0n) is 16.1. The Hall–Kier alpha value is -3.48. The highest BCUT2D eigenvalue weighted by Crippen LogP contribution is 2.45. The average molecular weight is 379 g/mol. The SMILES string of the molecule is COc1cccc(-c2n[nH]c3c2[C@@H](c2ccc(OC)cc2OC)N(C)C3=O)c1. The van der Waals surface area contributed by atoms with E-state index in [1.165, 1.54) is 0 Å². The molecule has 3 aromatic rings. The Kier molecular flexibility index (Phi) is 4.43. The maximum atomic E-state index is 12.8. The van der Waals surface area contributed by atoms with Crippen LogP contribution in [-0.2, 0) is 0 Å². The molecule has 0 bridgehead atoms. The van der Waals surface area contributed by atoms with Gasteiger partial charge >= 0.3 is 0 Å². The van der Waals surface area contributed by atoms with Crippen molar-refractivity contribution in [2.24, 2.45) is 0 Å². The minimum Gasteiger partial charge on any atom is -0.497 e. The standard InChI is InChI=1S/C21H21N3O4/c1-24-20(15-9-8-14(27-3)11-16(15)28-4)17-18(22-23-19(17)21(24)25)12-6-5-7-13(10-12)26-2/h5-11,20H,1-4H3,(H,22,23)/t20-/m1/s1. The number of rotatable bonds is 5. The van der Waals surface area contributed by atoms with Gasteiger partial charge in [-0.2, -0.15) is 5.10 Å². The molecule has 7 heteroatoms. The van der Waals surface area contributed by atoms with Crippen LogP contribution in [0.15, 0.2) is 42.5 Å². The lowest BCUT2D eigenvalue weighted by atomic mass is 9.95. The summed E-state index contributed by atoms with van der Waals surface area (Å²) >= 11 is 0. The number of aromatic nitrogens is 2. The molecule has 0 spiro atoms. The Morgan fingerprint density at radius 1 is 1.00 bits per heavy atom. The molecule has 144 valence electrons. The lowest BCUT2D eigenvalue weighted by molar-refractivity contribution is 0.0787. The van der Waals surface area contributed by atoms with Gasteiger partial charge in [0.1, 0.15) is 22.9 Å². The van der Waals surface area contributed by atoms with Crippen LogP contribution in [0, 0.1) is 0 Å². The number of nitrogens with zero attached hydrogens (tertiary/aromatic N) is 2. The highest BCUT2D eigenvalue weighted by Gasteiger charge is 2.41. The van der Waals surface area contributed by atoms with E-state index in [0.717, 1.165) is 28.1 Å². The van der Waals surface area contributed by atoms with Crippen LogP contribution in [0.1, 0.15) is 27.7 Å². The third kappa shape index (κ3) is 2.67. The van der Waals surface area contributed by atoms with E-state index in [1.807, 2.05) is 42.5 Å². The smallest absolute Gasteiger partial charge is 0.272 e. The summed E-state index contributed by atoms with van der Waals surface area (Å²) in [5, 5.41) is 7.35. The Balaban J connectivity index is 1.89. The van der Waals surface area contributed by atoms with Crippen LogP contribution in [0.5, 0.6) is 17.2 Å². The number of carbonyl (C=O) groups excluding carboxylic acids is 1. The van der Waals surface area contributed by atoms with Crippen LogP contribution in [0.25, 0.3) is 11.3 Å². The molecule has 1 N–H and O–H groups in total. The molecule has 1 amide bonds. The molecular weight excluding hydrogens is 358 g/mol. The first-order chi connectivity index (χ1) is 13.6. The number of methoxy groups -OCH3 is 3. The number of carbonyl (C=O) groups is 1. The highest BCUT2D eigenvalue weighted by atomic mass is 16.5. The first kappa shape index (κ1) is 17.9. The molecule has 1 aliphatic rings. The zero-order valence-corrected chi connectivity index (χ0v) is 16.1. The van der Waals surface area contributed by atoms with E-state index in [9.17, 15) is 4.79 Å². The Bertz CT molecular complexity index is 1040. The van der Waals surface area contributed by atoms with Gasteiger partial charge < -0.3 is 19.1 Å². The van der Waals surface area contributed by atoms with Gasteiger partial charge in [-0.1, -0.05) is 12.1 Å². The first-order valence-electron chi connectivity index (χ1n) is 8.80. The fourth-order valence-corrected chi connectivity index (χ4v) is 3.67. The van der Waals surface area contributed by atoms with Crippen molar-refractivity contribution in [3.63, 3.8) is 0 Å². The maximum Gasteiger partial charge on any atom is 0.272 e. The van der Waals surface area contributed by atoms with E-state index in [4.69, 9.17) is 14.2 Å². The molecule has 2 aromatic carbocycles. The summed E-state index contributed by atoms with van der Waals surface area (Å²) in [7, 11) is 6.61. The van der Waals surface area contributed by atoms with E-state index >= 15 is 0 Å². The van der Waals surface area contributed by atoms with E-state index in [1.54, 1.807) is 33.3 Å². The van der Waals surface area contributed by atoms with Crippen molar-refractivity contribution in [2.75, 3.05) is 28.4 Å². The van der Waals surface area contributed by atoms with Gasteiger partial charge in [-0.25, -0.2) is 0 Å². The van der Waals surface area contributed by atoms with Crippen molar-refractivity contribution in [1.29, 1.82) is 0 Å². The lowest BCUT2D eigenvalue weighted by Crippen LogP contribution is -2.25. The highest BCUT2D eigenvalue weighted by molar-refractivity contribution is 6.00. The number of benzene rings is 2. The van der Waals surface area contributed by atoms with Crippen molar-refractivity contribution >= 4 is 5.91 Å². The maximum absolute atomic E-state index is 12.8. The number of hydrogen-bond acceptors (Lipinski definition) is 5. The van der Waals surface area contributed by atoms with Crippen LogP contribution < -0.4 is 14.2 Å². The van der Waals surface area contributed by atoms with Gasteiger partial charge in [0.05, 0.1) is 33.1 Å². The second-order valence-electron chi connectivity index (χ2n) is 6.52. The molecule has 0 fully saturated rings. The van der Waals surface area contributed by atoms with Crippen LogP contribution >= 0.6 is 0 Å². The molecule has 7 nitrogen and oxygen atoms in total. The fraction of sp³-hybridized carbons (Fsp3) is 0.238. The van der Waals surface area contributed by atoms with Gasteiger partial charge in [-0.15, -0.1) is 0 Å². The summed E-state index contributed by atoms with van der Waals surface area (Å²) in [6, 6.07) is 12.9. The quantitative estimate of drug-likeness (QED) is 0.736. The summed E-state index contributed by atoms with van der Waals surface area (Å²) in [6.07, 6.45) is 0. The molecule has 2 heterocycles. The van der Waals surface area contributed by atoms with Crippen LogP contribution in [0.4, 0.5) is 0 Å². The molecule has 0 aliphatic carbocycles. The van der Waals surface area contributed by atoms with Crippen LogP contribution in [-0.4, -0.2) is 49.4 Å². The minimum absolute atomic E-state index is 0.112. The topological polar surface area (TPSA) is 76.7 Å². The fourth-order valence-electron chi connectivity index (χ4n) is 3.67. The Morgan fingerprint density at radius 3 is 2.46 bits per heavy atom. The molecule has 0 saturated heterocycles. The number of aromatic amines is 1. The molecule has 0 saturated carbocycles. The zero-order chi connectivity index (χ0) is 19.8. The van der Waals surface area contributed by atoms with Crippen molar-refractivity contribution in [1.82, 2.24) is 15.1 Å². The van der Waals surface area contributed by atoms with Crippen LogP contribution in [0.3, 0.4) is 0 Å². The summed E-state index contributed by atoms with van der Waals surface area (Å²) in [5.41, 5.74) is 3.77. The molecule has 1 atom stereocenters. The lowest BCUT2D eigenvalue weighted by Gasteiger charge is -2.24. The third-order valence-corrected chi connectivity index (χ3v) is 5.08. The van der Waals surface area contributed by atoms with Crippen molar-refractivity contribution in [3.05, 3.63) is 59.3 Å². The normalized spacial score (nSPS) is 15.5. The minimum atomic E-state index is -0.330. The Morgan fingerprint density at radius 2 is 1.75 bits per heavy atom. The molecule has 0 unspecified atom stereocenters. The molecule has 4 rings (SSSR count). The van der Waals surface area contributed by atoms with E-state index in [0.29, 0.717) is 17.2 Å². The Labute approximate surface area is 162 Å². The molecule has 28 heavy (non-hydrogen) atoms. The van der Waals surface area contributed by atoms with E-state index in [2.05, 4.69) is 10.2 Å². The second kappa shape index (κ2) is 6.92. The first-order valence-corrected chi connectivity index (χ1v) is 8.80. The number of H-pyrrole nitrogens is 1. The summed E-state index contributed by atoms with van der Waals surface area (Å²) in [6.45, 7) is 0. The van der Waals surface area contributed by atoms with Gasteiger partial charge in [0.25, 0.3) is 5.91 Å². The monoisotopic (exact) mass is 379 g/mol. The van der Waals surface area contributed by atoms with Crippen LogP contribution in [0.2, 0.25) is 0 Å². The average Bonchev–Trinajstić information content (AvgIpc) is 3.27. The second-order valence-corrected chi connectivity index (χ2v) is 6.52. The number of ether oxygens (including phenoxy) is 3. The van der Waals surface area contributed by atoms with Gasteiger partial charge in [-0.05, 0) is 24.3 Å². The number of fused-ring (bicyclic) bond motifs is 1. The van der Waals surface area contributed by atoms with Gasteiger partial charge in [0, 0.05) is 29.8 Å². The number of hydrogen-bond donors (Lipinski definition) is 1. The molecule has 0 radical (unpaired) electrons. The van der Waals surface area contributed by atoms with Crippen molar-refractivity contribution in [2.45, 2.75) is 6.04 Å². The number of amides is 1. The van der Waals surface area contributed by atoms with Crippen molar-refractivity contribution < 1.29 is 19.0 Å². The summed E-state index contributed by atoms with van der Waals surface area (Å²) in [4.78, 5) is 14.5.